The zero-order valence-corrected chi connectivity index (χ0v) is 15.7. The normalized spacial score (nSPS) is 25.9. The Morgan fingerprint density at radius 1 is 1.29 bits per heavy atom. The van der Waals surface area contributed by atoms with Crippen molar-refractivity contribution >= 4 is 22.4 Å². The van der Waals surface area contributed by atoms with Crippen molar-refractivity contribution in [3.8, 4) is 0 Å². The van der Waals surface area contributed by atoms with Gasteiger partial charge in [0.1, 0.15) is 0 Å². The number of halogens is 1. The second kappa shape index (κ2) is 8.63. The van der Waals surface area contributed by atoms with Gasteiger partial charge in [-0.1, -0.05) is 31.2 Å². The maximum absolute atomic E-state index is 13.1. The van der Waals surface area contributed by atoms with Crippen molar-refractivity contribution < 1.29 is 13.2 Å². The summed E-state index contributed by atoms with van der Waals surface area (Å²) in [6, 6.07) is 8.20. The molecule has 2 fully saturated rings. The van der Waals surface area contributed by atoms with Crippen LogP contribution in [0.2, 0.25) is 0 Å². The van der Waals surface area contributed by atoms with Crippen LogP contribution in [-0.2, 0) is 21.2 Å². The van der Waals surface area contributed by atoms with E-state index in [4.69, 9.17) is 4.74 Å². The molecule has 1 aromatic rings. The molecule has 2 aliphatic heterocycles. The molecule has 0 radical (unpaired) electrons. The summed E-state index contributed by atoms with van der Waals surface area (Å²) in [5, 5.41) is 2.93. The summed E-state index contributed by atoms with van der Waals surface area (Å²) in [5.74, 6) is 0. The Morgan fingerprint density at radius 3 is 2.67 bits per heavy atom. The number of benzene rings is 1. The van der Waals surface area contributed by atoms with E-state index >= 15 is 0 Å². The largest absolute Gasteiger partial charge is 0.380 e. The number of aryl methyl sites for hydroxylation is 1. The number of sulfonamides is 1. The van der Waals surface area contributed by atoms with Crippen LogP contribution in [0.5, 0.6) is 0 Å². The Balaban J connectivity index is 0.00000208. The first-order chi connectivity index (χ1) is 11.1. The van der Waals surface area contributed by atoms with Gasteiger partial charge in [0.2, 0.25) is 10.0 Å². The Labute approximate surface area is 151 Å². The number of hydrogen-bond acceptors (Lipinski definition) is 4. The van der Waals surface area contributed by atoms with Gasteiger partial charge in [-0.2, -0.15) is 4.31 Å². The van der Waals surface area contributed by atoms with E-state index in [1.54, 1.807) is 4.31 Å². The van der Waals surface area contributed by atoms with E-state index in [9.17, 15) is 8.42 Å². The molecule has 1 aromatic carbocycles. The Bertz CT molecular complexity index is 615. The monoisotopic (exact) mass is 374 g/mol. The van der Waals surface area contributed by atoms with Gasteiger partial charge in [-0.05, 0) is 30.4 Å². The lowest BCUT2D eigenvalue weighted by Crippen LogP contribution is -2.52. The van der Waals surface area contributed by atoms with Gasteiger partial charge in [0, 0.05) is 26.2 Å². The van der Waals surface area contributed by atoms with Crippen LogP contribution in [0.1, 0.15) is 36.9 Å². The molecule has 136 valence electrons. The molecule has 2 aliphatic rings. The summed E-state index contributed by atoms with van der Waals surface area (Å²) < 4.78 is 33.2. The summed E-state index contributed by atoms with van der Waals surface area (Å²) in [5.41, 5.74) is 2.34. The molecule has 0 aromatic heterocycles. The molecule has 5 nitrogen and oxygen atoms in total. The standard InChI is InChI=1S/C17H26N2O3S.ClH/c1-2-14-5-7-15(8-6-14)17-12-18-9-10-19(17)23(20,21)16-4-3-11-22-13-16;/h5-8,16-18H,2-4,9-13H2,1H3;1H. The van der Waals surface area contributed by atoms with Crippen molar-refractivity contribution in [1.29, 1.82) is 0 Å². The van der Waals surface area contributed by atoms with Crippen LogP contribution in [0.3, 0.4) is 0 Å². The van der Waals surface area contributed by atoms with E-state index < -0.39 is 15.3 Å². The smallest absolute Gasteiger partial charge is 0.219 e. The van der Waals surface area contributed by atoms with Gasteiger partial charge in [0.05, 0.1) is 17.9 Å². The lowest BCUT2D eigenvalue weighted by atomic mass is 10.0. The molecule has 0 bridgehead atoms. The predicted molar refractivity (Wildman–Crippen MR) is 98.1 cm³/mol. The van der Waals surface area contributed by atoms with Gasteiger partial charge in [-0.15, -0.1) is 12.4 Å². The SMILES string of the molecule is CCc1ccc(C2CNCCN2S(=O)(=O)C2CCCOC2)cc1.Cl. The highest BCUT2D eigenvalue weighted by Gasteiger charge is 2.39. The van der Waals surface area contributed by atoms with E-state index in [2.05, 4.69) is 36.5 Å². The minimum atomic E-state index is -3.33. The predicted octanol–water partition coefficient (Wildman–Crippen LogP) is 2.13. The molecule has 7 heteroatoms. The first-order valence-electron chi connectivity index (χ1n) is 8.51. The van der Waals surface area contributed by atoms with Gasteiger partial charge in [-0.3, -0.25) is 0 Å². The summed E-state index contributed by atoms with van der Waals surface area (Å²) in [7, 11) is -3.33. The highest BCUT2D eigenvalue weighted by atomic mass is 35.5. The summed E-state index contributed by atoms with van der Waals surface area (Å²) in [6.45, 7) is 5.02. The van der Waals surface area contributed by atoms with Crippen molar-refractivity contribution in [2.75, 3.05) is 32.8 Å². The summed E-state index contributed by atoms with van der Waals surface area (Å²) >= 11 is 0. The average molecular weight is 375 g/mol. The van der Waals surface area contributed by atoms with Crippen molar-refractivity contribution in [2.45, 2.75) is 37.5 Å². The first-order valence-corrected chi connectivity index (χ1v) is 10.0. The van der Waals surface area contributed by atoms with E-state index in [-0.39, 0.29) is 18.4 Å². The third kappa shape index (κ3) is 4.11. The van der Waals surface area contributed by atoms with Gasteiger partial charge < -0.3 is 10.1 Å². The zero-order chi connectivity index (χ0) is 16.3. The maximum atomic E-state index is 13.1. The highest BCUT2D eigenvalue weighted by Crippen LogP contribution is 2.29. The van der Waals surface area contributed by atoms with Crippen LogP contribution >= 0.6 is 12.4 Å². The van der Waals surface area contributed by atoms with Crippen LogP contribution in [-0.4, -0.2) is 50.8 Å². The lowest BCUT2D eigenvalue weighted by molar-refractivity contribution is 0.0963. The van der Waals surface area contributed by atoms with Crippen molar-refractivity contribution in [2.24, 2.45) is 0 Å². The van der Waals surface area contributed by atoms with Crippen LogP contribution in [0, 0.1) is 0 Å². The quantitative estimate of drug-likeness (QED) is 0.877. The molecule has 0 amide bonds. The van der Waals surface area contributed by atoms with Gasteiger partial charge in [-0.25, -0.2) is 8.42 Å². The fraction of sp³-hybridized carbons (Fsp3) is 0.647. The fourth-order valence-corrected chi connectivity index (χ4v) is 5.40. The fourth-order valence-electron chi connectivity index (χ4n) is 3.39. The number of nitrogens with one attached hydrogen (secondary N) is 1. The number of rotatable bonds is 4. The molecule has 0 saturated carbocycles. The molecular weight excluding hydrogens is 348 g/mol. The van der Waals surface area contributed by atoms with Gasteiger partial charge in [0.15, 0.2) is 0 Å². The zero-order valence-electron chi connectivity index (χ0n) is 14.1. The number of hydrogen-bond donors (Lipinski definition) is 1. The average Bonchev–Trinajstić information content (AvgIpc) is 2.62. The van der Waals surface area contributed by atoms with Gasteiger partial charge >= 0.3 is 0 Å². The molecule has 0 aliphatic carbocycles. The van der Waals surface area contributed by atoms with E-state index in [1.807, 2.05) is 0 Å². The molecule has 2 heterocycles. The van der Waals surface area contributed by atoms with Crippen LogP contribution in [0.25, 0.3) is 0 Å². The summed E-state index contributed by atoms with van der Waals surface area (Å²) in [4.78, 5) is 0. The number of ether oxygens (including phenoxy) is 1. The summed E-state index contributed by atoms with van der Waals surface area (Å²) in [6.07, 6.45) is 2.52. The minimum Gasteiger partial charge on any atom is -0.380 e. The van der Waals surface area contributed by atoms with Crippen LogP contribution < -0.4 is 5.32 Å². The third-order valence-electron chi connectivity index (χ3n) is 4.83. The second-order valence-electron chi connectivity index (χ2n) is 6.31. The Morgan fingerprint density at radius 2 is 2.04 bits per heavy atom. The molecular formula is C17H27ClN2O3S. The van der Waals surface area contributed by atoms with Crippen molar-refractivity contribution in [3.63, 3.8) is 0 Å². The number of nitrogens with zero attached hydrogens (tertiary/aromatic N) is 1. The van der Waals surface area contributed by atoms with E-state index in [1.165, 1.54) is 5.56 Å². The van der Waals surface area contributed by atoms with E-state index in [0.29, 0.717) is 39.3 Å². The molecule has 2 atom stereocenters. The van der Waals surface area contributed by atoms with Crippen LogP contribution in [0.15, 0.2) is 24.3 Å². The minimum absolute atomic E-state index is 0. The first kappa shape index (κ1) is 19.7. The topological polar surface area (TPSA) is 58.6 Å². The second-order valence-corrected chi connectivity index (χ2v) is 8.48. The van der Waals surface area contributed by atoms with Crippen molar-refractivity contribution in [1.82, 2.24) is 9.62 Å². The van der Waals surface area contributed by atoms with E-state index in [0.717, 1.165) is 18.4 Å². The van der Waals surface area contributed by atoms with Crippen molar-refractivity contribution in [3.05, 3.63) is 35.4 Å². The van der Waals surface area contributed by atoms with Gasteiger partial charge in [0.25, 0.3) is 0 Å². The Kier molecular flexibility index (Phi) is 7.07. The maximum Gasteiger partial charge on any atom is 0.219 e. The molecule has 1 N–H and O–H groups in total. The highest BCUT2D eigenvalue weighted by molar-refractivity contribution is 7.89. The molecule has 0 spiro atoms. The Hall–Kier alpha value is -0.660. The molecule has 3 rings (SSSR count). The van der Waals surface area contributed by atoms with Crippen LogP contribution in [0.4, 0.5) is 0 Å². The molecule has 2 saturated heterocycles. The third-order valence-corrected chi connectivity index (χ3v) is 7.14. The lowest BCUT2D eigenvalue weighted by Gasteiger charge is -2.38. The molecule has 24 heavy (non-hydrogen) atoms. The number of piperazine rings is 1. The molecule has 2 unspecified atom stereocenters.